The third-order valence-electron chi connectivity index (χ3n) is 5.06. The van der Waals surface area contributed by atoms with Crippen molar-refractivity contribution >= 4 is 17.5 Å². The smallest absolute Gasteiger partial charge is 0.246 e. The SMILES string of the molecule is CCCN1CCN(C(=O)[C@H]2Cc3ccccc3N2C(=O)CC)CC1. The molecule has 5 heteroatoms. The topological polar surface area (TPSA) is 43.9 Å². The van der Waals surface area contributed by atoms with Crippen molar-refractivity contribution in [2.75, 3.05) is 37.6 Å². The van der Waals surface area contributed by atoms with Gasteiger partial charge in [-0.05, 0) is 24.6 Å². The maximum Gasteiger partial charge on any atom is 0.246 e. The molecule has 0 unspecified atom stereocenters. The number of fused-ring (bicyclic) bond motifs is 1. The minimum absolute atomic E-state index is 0.0305. The monoisotopic (exact) mass is 329 g/mol. The van der Waals surface area contributed by atoms with E-state index < -0.39 is 0 Å². The first-order chi connectivity index (χ1) is 11.7. The Morgan fingerprint density at radius 1 is 1.08 bits per heavy atom. The average molecular weight is 329 g/mol. The summed E-state index contributed by atoms with van der Waals surface area (Å²) in [5, 5.41) is 0. The highest BCUT2D eigenvalue weighted by atomic mass is 16.2. The fourth-order valence-electron chi connectivity index (χ4n) is 3.78. The molecule has 0 saturated carbocycles. The van der Waals surface area contributed by atoms with E-state index in [0.717, 1.165) is 50.4 Å². The molecule has 2 aliphatic heterocycles. The molecule has 130 valence electrons. The van der Waals surface area contributed by atoms with E-state index >= 15 is 0 Å². The van der Waals surface area contributed by atoms with E-state index in [-0.39, 0.29) is 17.9 Å². The predicted molar refractivity (Wildman–Crippen MR) is 95.0 cm³/mol. The first kappa shape index (κ1) is 17.0. The van der Waals surface area contributed by atoms with Crippen LogP contribution < -0.4 is 4.90 Å². The number of nitrogens with zero attached hydrogens (tertiary/aromatic N) is 3. The first-order valence-corrected chi connectivity index (χ1v) is 9.06. The highest BCUT2D eigenvalue weighted by Crippen LogP contribution is 2.33. The fraction of sp³-hybridized carbons (Fsp3) is 0.579. The van der Waals surface area contributed by atoms with Gasteiger partial charge in [0.2, 0.25) is 11.8 Å². The van der Waals surface area contributed by atoms with Gasteiger partial charge in [0, 0.05) is 44.7 Å². The number of amides is 2. The van der Waals surface area contributed by atoms with Gasteiger partial charge in [0.15, 0.2) is 0 Å². The van der Waals surface area contributed by atoms with Crippen molar-refractivity contribution in [2.45, 2.75) is 39.2 Å². The zero-order valence-corrected chi connectivity index (χ0v) is 14.7. The summed E-state index contributed by atoms with van der Waals surface area (Å²) in [5.41, 5.74) is 2.01. The Morgan fingerprint density at radius 3 is 2.46 bits per heavy atom. The van der Waals surface area contributed by atoms with E-state index in [0.29, 0.717) is 12.8 Å². The van der Waals surface area contributed by atoms with Crippen LogP contribution in [0.3, 0.4) is 0 Å². The molecule has 1 aromatic rings. The van der Waals surface area contributed by atoms with Gasteiger partial charge in [-0.3, -0.25) is 19.4 Å². The molecule has 3 rings (SSSR count). The summed E-state index contributed by atoms with van der Waals surface area (Å²) in [4.78, 5) is 31.6. The Labute approximate surface area is 144 Å². The molecule has 1 fully saturated rings. The van der Waals surface area contributed by atoms with Gasteiger partial charge in [0.1, 0.15) is 6.04 Å². The summed E-state index contributed by atoms with van der Waals surface area (Å²) in [6, 6.07) is 7.52. The van der Waals surface area contributed by atoms with Crippen LogP contribution in [-0.2, 0) is 16.0 Å². The van der Waals surface area contributed by atoms with Crippen LogP contribution in [0.2, 0.25) is 0 Å². The van der Waals surface area contributed by atoms with Crippen molar-refractivity contribution < 1.29 is 9.59 Å². The summed E-state index contributed by atoms with van der Waals surface area (Å²) in [6.45, 7) is 8.52. The number of para-hydroxylation sites is 1. The molecular weight excluding hydrogens is 302 g/mol. The number of hydrogen-bond acceptors (Lipinski definition) is 3. The Kier molecular flexibility index (Phi) is 5.19. The number of benzene rings is 1. The van der Waals surface area contributed by atoms with E-state index in [4.69, 9.17) is 0 Å². The molecule has 0 aromatic heterocycles. The molecule has 2 heterocycles. The largest absolute Gasteiger partial charge is 0.338 e. The number of carbonyl (C=O) groups is 2. The summed E-state index contributed by atoms with van der Waals surface area (Å²) in [5.74, 6) is 0.132. The summed E-state index contributed by atoms with van der Waals surface area (Å²) in [7, 11) is 0. The molecule has 1 aromatic carbocycles. The second-order valence-electron chi connectivity index (χ2n) is 6.63. The summed E-state index contributed by atoms with van der Waals surface area (Å²) in [6.07, 6.45) is 2.20. The second kappa shape index (κ2) is 7.34. The van der Waals surface area contributed by atoms with Gasteiger partial charge in [0.05, 0.1) is 0 Å². The van der Waals surface area contributed by atoms with Crippen molar-refractivity contribution in [1.29, 1.82) is 0 Å². The standard InChI is InChI=1S/C19H27N3O2/c1-3-9-20-10-12-21(13-11-20)19(24)17-14-15-7-5-6-8-16(15)22(17)18(23)4-2/h5-8,17H,3-4,9-14H2,1-2H3/t17-/m1/s1. The Balaban J connectivity index is 1.74. The van der Waals surface area contributed by atoms with Gasteiger partial charge in [-0.15, -0.1) is 0 Å². The third kappa shape index (κ3) is 3.18. The van der Waals surface area contributed by atoms with Crippen LogP contribution in [0.4, 0.5) is 5.69 Å². The molecular formula is C19H27N3O2. The van der Waals surface area contributed by atoms with Gasteiger partial charge in [0.25, 0.3) is 0 Å². The zero-order valence-electron chi connectivity index (χ0n) is 14.7. The van der Waals surface area contributed by atoms with Crippen LogP contribution in [0.25, 0.3) is 0 Å². The van der Waals surface area contributed by atoms with Crippen LogP contribution in [0, 0.1) is 0 Å². The second-order valence-corrected chi connectivity index (χ2v) is 6.63. The molecule has 2 aliphatic rings. The van der Waals surface area contributed by atoms with Crippen molar-refractivity contribution in [3.8, 4) is 0 Å². The fourth-order valence-corrected chi connectivity index (χ4v) is 3.78. The van der Waals surface area contributed by atoms with Crippen LogP contribution in [-0.4, -0.2) is 60.4 Å². The van der Waals surface area contributed by atoms with E-state index in [1.807, 2.05) is 36.1 Å². The van der Waals surface area contributed by atoms with Crippen molar-refractivity contribution in [1.82, 2.24) is 9.80 Å². The van der Waals surface area contributed by atoms with Gasteiger partial charge < -0.3 is 4.90 Å². The normalized spacial score (nSPS) is 21.0. The lowest BCUT2D eigenvalue weighted by Gasteiger charge is -2.37. The molecule has 1 atom stereocenters. The summed E-state index contributed by atoms with van der Waals surface area (Å²) >= 11 is 0. The van der Waals surface area contributed by atoms with Gasteiger partial charge >= 0.3 is 0 Å². The third-order valence-corrected chi connectivity index (χ3v) is 5.06. The van der Waals surface area contributed by atoms with Gasteiger partial charge in [-0.1, -0.05) is 32.0 Å². The van der Waals surface area contributed by atoms with Crippen LogP contribution in [0.1, 0.15) is 32.3 Å². The van der Waals surface area contributed by atoms with Crippen LogP contribution >= 0.6 is 0 Å². The van der Waals surface area contributed by atoms with E-state index in [9.17, 15) is 9.59 Å². The number of piperazine rings is 1. The molecule has 2 amide bonds. The lowest BCUT2D eigenvalue weighted by molar-refractivity contribution is -0.136. The zero-order chi connectivity index (χ0) is 17.1. The van der Waals surface area contributed by atoms with E-state index in [1.165, 1.54) is 0 Å². The highest BCUT2D eigenvalue weighted by Gasteiger charge is 2.39. The number of hydrogen-bond donors (Lipinski definition) is 0. The molecule has 0 bridgehead atoms. The average Bonchev–Trinajstić information content (AvgIpc) is 3.01. The predicted octanol–water partition coefficient (Wildman–Crippen LogP) is 1.91. The minimum Gasteiger partial charge on any atom is -0.338 e. The molecule has 24 heavy (non-hydrogen) atoms. The van der Waals surface area contributed by atoms with Crippen LogP contribution in [0.15, 0.2) is 24.3 Å². The number of rotatable bonds is 4. The molecule has 0 radical (unpaired) electrons. The van der Waals surface area contributed by atoms with Crippen molar-refractivity contribution in [3.63, 3.8) is 0 Å². The number of carbonyl (C=O) groups excluding carboxylic acids is 2. The maximum absolute atomic E-state index is 13.1. The molecule has 0 N–H and O–H groups in total. The van der Waals surface area contributed by atoms with E-state index in [2.05, 4.69) is 11.8 Å². The Morgan fingerprint density at radius 2 is 1.79 bits per heavy atom. The van der Waals surface area contributed by atoms with Crippen LogP contribution in [0.5, 0.6) is 0 Å². The minimum atomic E-state index is -0.368. The first-order valence-electron chi connectivity index (χ1n) is 9.06. The van der Waals surface area contributed by atoms with Gasteiger partial charge in [-0.25, -0.2) is 0 Å². The quantitative estimate of drug-likeness (QED) is 0.847. The van der Waals surface area contributed by atoms with Crippen molar-refractivity contribution in [3.05, 3.63) is 29.8 Å². The maximum atomic E-state index is 13.1. The highest BCUT2D eigenvalue weighted by molar-refractivity contribution is 6.03. The lowest BCUT2D eigenvalue weighted by Crippen LogP contribution is -2.55. The Bertz CT molecular complexity index is 608. The molecule has 0 spiro atoms. The Hall–Kier alpha value is -1.88. The molecule has 1 saturated heterocycles. The number of anilines is 1. The lowest BCUT2D eigenvalue weighted by atomic mass is 10.1. The van der Waals surface area contributed by atoms with Gasteiger partial charge in [-0.2, -0.15) is 0 Å². The van der Waals surface area contributed by atoms with Crippen molar-refractivity contribution in [2.24, 2.45) is 0 Å². The van der Waals surface area contributed by atoms with E-state index in [1.54, 1.807) is 4.90 Å². The molecule has 5 nitrogen and oxygen atoms in total. The summed E-state index contributed by atoms with van der Waals surface area (Å²) < 4.78 is 0. The molecule has 0 aliphatic carbocycles.